The van der Waals surface area contributed by atoms with Gasteiger partial charge in [0.05, 0.1) is 19.3 Å². The minimum Gasteiger partial charge on any atom is -0.395 e. The molecule has 2 aromatic rings. The highest BCUT2D eigenvalue weighted by Crippen LogP contribution is 2.22. The topological polar surface area (TPSA) is 94.4 Å². The third-order valence-corrected chi connectivity index (χ3v) is 4.85. The predicted molar refractivity (Wildman–Crippen MR) is 100 cm³/mol. The van der Waals surface area contributed by atoms with Crippen molar-refractivity contribution in [1.29, 1.82) is 0 Å². The van der Waals surface area contributed by atoms with E-state index in [1.165, 1.54) is 0 Å². The standard InChI is InChI=1S/C19H27N5O2/c1-14-4-2-6-18(22-14)23-19-9-16(20-13-21-19)8-15-5-3-7-24(10-15)17(11-25)12-26/h2,4,6,9,13,15,17,25-26H,3,5,7-8,10-12H2,1H3,(H,20,21,22,23). The Bertz CT molecular complexity index is 708. The van der Waals surface area contributed by atoms with Gasteiger partial charge in [0.15, 0.2) is 0 Å². The number of nitrogens with zero attached hydrogens (tertiary/aromatic N) is 4. The minimum atomic E-state index is -0.159. The van der Waals surface area contributed by atoms with Crippen LogP contribution in [0.1, 0.15) is 24.2 Å². The van der Waals surface area contributed by atoms with Crippen molar-refractivity contribution in [3.63, 3.8) is 0 Å². The number of piperidine rings is 1. The van der Waals surface area contributed by atoms with Crippen LogP contribution in [0, 0.1) is 12.8 Å². The van der Waals surface area contributed by atoms with E-state index >= 15 is 0 Å². The molecule has 26 heavy (non-hydrogen) atoms. The number of aryl methyl sites for hydroxylation is 1. The zero-order chi connectivity index (χ0) is 18.4. The Morgan fingerprint density at radius 2 is 2.08 bits per heavy atom. The van der Waals surface area contributed by atoms with Crippen LogP contribution in [0.4, 0.5) is 11.6 Å². The van der Waals surface area contributed by atoms with Gasteiger partial charge in [0, 0.05) is 24.0 Å². The maximum atomic E-state index is 9.41. The van der Waals surface area contributed by atoms with E-state index in [1.54, 1.807) is 6.33 Å². The molecule has 0 saturated carbocycles. The molecule has 3 N–H and O–H groups in total. The van der Waals surface area contributed by atoms with E-state index in [2.05, 4.69) is 25.2 Å². The smallest absolute Gasteiger partial charge is 0.135 e. The van der Waals surface area contributed by atoms with Crippen molar-refractivity contribution < 1.29 is 10.2 Å². The van der Waals surface area contributed by atoms with E-state index in [-0.39, 0.29) is 19.3 Å². The van der Waals surface area contributed by atoms with Gasteiger partial charge in [-0.05, 0) is 50.8 Å². The fraction of sp³-hybridized carbons (Fsp3) is 0.526. The Morgan fingerprint density at radius 1 is 1.23 bits per heavy atom. The fourth-order valence-electron chi connectivity index (χ4n) is 3.50. The summed E-state index contributed by atoms with van der Waals surface area (Å²) in [7, 11) is 0. The Morgan fingerprint density at radius 3 is 2.85 bits per heavy atom. The molecule has 7 nitrogen and oxygen atoms in total. The van der Waals surface area contributed by atoms with Crippen LogP contribution in [-0.2, 0) is 6.42 Å². The summed E-state index contributed by atoms with van der Waals surface area (Å²) in [5, 5.41) is 22.1. The highest BCUT2D eigenvalue weighted by atomic mass is 16.3. The molecule has 0 amide bonds. The summed E-state index contributed by atoms with van der Waals surface area (Å²) in [4.78, 5) is 15.3. The van der Waals surface area contributed by atoms with Crippen molar-refractivity contribution in [1.82, 2.24) is 19.9 Å². The first-order valence-electron chi connectivity index (χ1n) is 9.15. The zero-order valence-electron chi connectivity index (χ0n) is 15.2. The molecule has 0 spiro atoms. The average molecular weight is 357 g/mol. The number of anilines is 2. The van der Waals surface area contributed by atoms with Crippen molar-refractivity contribution in [2.75, 3.05) is 31.6 Å². The fourth-order valence-corrected chi connectivity index (χ4v) is 3.50. The molecular weight excluding hydrogens is 330 g/mol. The second-order valence-electron chi connectivity index (χ2n) is 6.91. The first-order valence-corrected chi connectivity index (χ1v) is 9.15. The van der Waals surface area contributed by atoms with Crippen molar-refractivity contribution in [2.24, 2.45) is 5.92 Å². The molecule has 7 heteroatoms. The maximum Gasteiger partial charge on any atom is 0.135 e. The number of rotatable bonds is 7. The highest BCUT2D eigenvalue weighted by molar-refractivity contribution is 5.51. The second-order valence-corrected chi connectivity index (χ2v) is 6.91. The molecule has 0 radical (unpaired) electrons. The van der Waals surface area contributed by atoms with E-state index in [4.69, 9.17) is 0 Å². The van der Waals surface area contributed by atoms with Crippen LogP contribution in [0.3, 0.4) is 0 Å². The molecule has 0 bridgehead atoms. The summed E-state index contributed by atoms with van der Waals surface area (Å²) < 4.78 is 0. The molecule has 1 atom stereocenters. The molecule has 1 unspecified atom stereocenters. The Labute approximate surface area is 154 Å². The lowest BCUT2D eigenvalue weighted by Gasteiger charge is -2.36. The van der Waals surface area contributed by atoms with Crippen LogP contribution in [0.5, 0.6) is 0 Å². The number of aliphatic hydroxyl groups excluding tert-OH is 2. The highest BCUT2D eigenvalue weighted by Gasteiger charge is 2.25. The number of pyridine rings is 1. The van der Waals surface area contributed by atoms with Crippen molar-refractivity contribution >= 4 is 11.6 Å². The number of nitrogens with one attached hydrogen (secondary N) is 1. The monoisotopic (exact) mass is 357 g/mol. The molecule has 1 aliphatic rings. The van der Waals surface area contributed by atoms with Gasteiger partial charge in [-0.15, -0.1) is 0 Å². The first-order chi connectivity index (χ1) is 12.7. The maximum absolute atomic E-state index is 9.41. The predicted octanol–water partition coefficient (Wildman–Crippen LogP) is 1.53. The van der Waals surface area contributed by atoms with Crippen molar-refractivity contribution in [3.05, 3.63) is 42.0 Å². The van der Waals surface area contributed by atoms with Crippen LogP contribution < -0.4 is 5.32 Å². The zero-order valence-corrected chi connectivity index (χ0v) is 15.2. The number of aliphatic hydroxyl groups is 2. The molecule has 140 valence electrons. The Balaban J connectivity index is 1.63. The summed E-state index contributed by atoms with van der Waals surface area (Å²) in [6, 6.07) is 7.64. The molecule has 0 aromatic carbocycles. The summed E-state index contributed by atoms with van der Waals surface area (Å²) in [6.07, 6.45) is 4.65. The molecule has 1 fully saturated rings. The third kappa shape index (κ3) is 4.97. The van der Waals surface area contributed by atoms with E-state index < -0.39 is 0 Å². The van der Waals surface area contributed by atoms with E-state index in [9.17, 15) is 10.2 Å². The molecule has 0 aliphatic carbocycles. The van der Waals surface area contributed by atoms with Gasteiger partial charge in [0.25, 0.3) is 0 Å². The summed E-state index contributed by atoms with van der Waals surface area (Å²) in [5.41, 5.74) is 1.94. The normalized spacial score (nSPS) is 18.2. The van der Waals surface area contributed by atoms with Crippen molar-refractivity contribution in [3.8, 4) is 0 Å². The van der Waals surface area contributed by atoms with Gasteiger partial charge in [0.2, 0.25) is 0 Å². The summed E-state index contributed by atoms with van der Waals surface area (Å²) in [6.45, 7) is 3.75. The lowest BCUT2D eigenvalue weighted by atomic mass is 9.92. The summed E-state index contributed by atoms with van der Waals surface area (Å²) in [5.74, 6) is 1.97. The number of aromatic nitrogens is 3. The first kappa shape index (κ1) is 18.7. The van der Waals surface area contributed by atoms with E-state index in [0.717, 1.165) is 55.4 Å². The van der Waals surface area contributed by atoms with Gasteiger partial charge in [0.1, 0.15) is 18.0 Å². The molecule has 3 heterocycles. The van der Waals surface area contributed by atoms with Gasteiger partial charge in [-0.25, -0.2) is 15.0 Å². The molecule has 3 rings (SSSR count). The van der Waals surface area contributed by atoms with Crippen molar-refractivity contribution in [2.45, 2.75) is 32.2 Å². The van der Waals surface area contributed by atoms with Gasteiger partial charge in [-0.1, -0.05) is 6.07 Å². The minimum absolute atomic E-state index is 0.00567. The number of hydrogen-bond donors (Lipinski definition) is 3. The van der Waals surface area contributed by atoms with E-state index in [1.807, 2.05) is 31.2 Å². The quantitative estimate of drug-likeness (QED) is 0.692. The van der Waals surface area contributed by atoms with Crippen LogP contribution >= 0.6 is 0 Å². The SMILES string of the molecule is Cc1cccc(Nc2cc(CC3CCCN(C(CO)CO)C3)ncn2)n1. The number of likely N-dealkylation sites (tertiary alicyclic amines) is 1. The van der Waals surface area contributed by atoms with E-state index in [0.29, 0.717) is 5.92 Å². The second kappa shape index (κ2) is 9.02. The third-order valence-electron chi connectivity index (χ3n) is 4.85. The Hall–Kier alpha value is -2.09. The summed E-state index contributed by atoms with van der Waals surface area (Å²) >= 11 is 0. The van der Waals surface area contributed by atoms with Crippen LogP contribution in [0.2, 0.25) is 0 Å². The lowest BCUT2D eigenvalue weighted by Crippen LogP contribution is -2.46. The lowest BCUT2D eigenvalue weighted by molar-refractivity contribution is 0.0440. The molecule has 1 aliphatic heterocycles. The van der Waals surface area contributed by atoms with Gasteiger partial charge < -0.3 is 15.5 Å². The number of hydrogen-bond acceptors (Lipinski definition) is 7. The molecule has 2 aromatic heterocycles. The van der Waals surface area contributed by atoms with Gasteiger partial charge in [-0.3, -0.25) is 4.90 Å². The molecular formula is C19H27N5O2. The Kier molecular flexibility index (Phi) is 6.49. The van der Waals surface area contributed by atoms with Crippen LogP contribution in [0.25, 0.3) is 0 Å². The largest absolute Gasteiger partial charge is 0.395 e. The molecule has 1 saturated heterocycles. The average Bonchev–Trinajstić information content (AvgIpc) is 2.63. The van der Waals surface area contributed by atoms with Crippen LogP contribution in [-0.4, -0.2) is 62.4 Å². The van der Waals surface area contributed by atoms with Gasteiger partial charge in [-0.2, -0.15) is 0 Å². The van der Waals surface area contributed by atoms with Gasteiger partial charge >= 0.3 is 0 Å². The van der Waals surface area contributed by atoms with Crippen LogP contribution in [0.15, 0.2) is 30.6 Å².